The van der Waals surface area contributed by atoms with Gasteiger partial charge in [-0.1, -0.05) is 13.8 Å². The monoisotopic (exact) mass is 221 g/mol. The van der Waals surface area contributed by atoms with Gasteiger partial charge < -0.3 is 5.32 Å². The summed E-state index contributed by atoms with van der Waals surface area (Å²) in [5.74, 6) is 1.69. The Bertz CT molecular complexity index is 332. The van der Waals surface area contributed by atoms with Crippen molar-refractivity contribution in [1.29, 1.82) is 0 Å². The fraction of sp³-hybridized carbons (Fsp3) is 0.769. The highest BCUT2D eigenvalue weighted by Gasteiger charge is 2.40. The predicted molar refractivity (Wildman–Crippen MR) is 66.2 cm³/mol. The van der Waals surface area contributed by atoms with E-state index in [1.165, 1.54) is 18.4 Å². The lowest BCUT2D eigenvalue weighted by Gasteiger charge is -2.16. The van der Waals surface area contributed by atoms with Crippen molar-refractivity contribution in [2.45, 2.75) is 46.2 Å². The molecule has 3 heteroatoms. The van der Waals surface area contributed by atoms with Crippen LogP contribution in [0.1, 0.15) is 45.2 Å². The predicted octanol–water partition coefficient (Wildman–Crippen LogP) is 2.60. The molecule has 2 rings (SSSR count). The van der Waals surface area contributed by atoms with E-state index in [0.717, 1.165) is 24.9 Å². The summed E-state index contributed by atoms with van der Waals surface area (Å²) in [6.45, 7) is 8.75. The Balaban J connectivity index is 2.05. The summed E-state index contributed by atoms with van der Waals surface area (Å²) in [6.07, 6.45) is 6.78. The lowest BCUT2D eigenvalue weighted by atomic mass is 10.0. The summed E-state index contributed by atoms with van der Waals surface area (Å²) in [5.41, 5.74) is 1.37. The third-order valence-electron chi connectivity index (χ3n) is 3.55. The Morgan fingerprint density at radius 1 is 1.56 bits per heavy atom. The molecule has 0 aromatic carbocycles. The zero-order chi connectivity index (χ0) is 11.5. The van der Waals surface area contributed by atoms with Gasteiger partial charge in [0.25, 0.3) is 0 Å². The van der Waals surface area contributed by atoms with Crippen molar-refractivity contribution in [1.82, 2.24) is 15.1 Å². The van der Waals surface area contributed by atoms with Gasteiger partial charge in [0.15, 0.2) is 0 Å². The van der Waals surface area contributed by atoms with Crippen LogP contribution in [0.25, 0.3) is 0 Å². The molecule has 1 aromatic rings. The van der Waals surface area contributed by atoms with E-state index in [9.17, 15) is 0 Å². The first-order valence-corrected chi connectivity index (χ1v) is 6.52. The Hall–Kier alpha value is -0.830. The standard InChI is InChI=1S/C13H23N3/c1-4-6-14-13(12-7-10(12)3)11-8-15-16(5-2)9-11/h8-10,12-14H,4-7H2,1-3H3. The minimum absolute atomic E-state index is 0.523. The normalized spacial score (nSPS) is 25.7. The van der Waals surface area contributed by atoms with Crippen LogP contribution in [-0.4, -0.2) is 16.3 Å². The molecule has 1 heterocycles. The first-order chi connectivity index (χ1) is 7.76. The van der Waals surface area contributed by atoms with Crippen LogP contribution in [0.3, 0.4) is 0 Å². The second-order valence-electron chi connectivity index (χ2n) is 4.94. The first-order valence-electron chi connectivity index (χ1n) is 6.52. The van der Waals surface area contributed by atoms with Gasteiger partial charge in [-0.15, -0.1) is 0 Å². The summed E-state index contributed by atoms with van der Waals surface area (Å²) < 4.78 is 2.02. The van der Waals surface area contributed by atoms with E-state index in [4.69, 9.17) is 0 Å². The van der Waals surface area contributed by atoms with Crippen molar-refractivity contribution in [3.8, 4) is 0 Å². The Morgan fingerprint density at radius 3 is 2.81 bits per heavy atom. The van der Waals surface area contributed by atoms with E-state index in [-0.39, 0.29) is 0 Å². The quantitative estimate of drug-likeness (QED) is 0.800. The number of nitrogens with one attached hydrogen (secondary N) is 1. The van der Waals surface area contributed by atoms with E-state index in [0.29, 0.717) is 6.04 Å². The first kappa shape index (κ1) is 11.6. The van der Waals surface area contributed by atoms with Crippen LogP contribution in [0, 0.1) is 11.8 Å². The van der Waals surface area contributed by atoms with Crippen LogP contribution in [-0.2, 0) is 6.54 Å². The van der Waals surface area contributed by atoms with Crippen molar-refractivity contribution >= 4 is 0 Å². The molecule has 0 bridgehead atoms. The smallest absolute Gasteiger partial charge is 0.0537 e. The van der Waals surface area contributed by atoms with Gasteiger partial charge in [-0.25, -0.2) is 0 Å². The van der Waals surface area contributed by atoms with Crippen molar-refractivity contribution in [2.24, 2.45) is 11.8 Å². The second kappa shape index (κ2) is 5.00. The molecule has 1 aliphatic rings. The maximum absolute atomic E-state index is 4.38. The summed E-state index contributed by atoms with van der Waals surface area (Å²) >= 11 is 0. The maximum atomic E-state index is 4.38. The van der Waals surface area contributed by atoms with E-state index in [1.807, 2.05) is 10.9 Å². The number of aromatic nitrogens is 2. The molecule has 1 aromatic heterocycles. The lowest BCUT2D eigenvalue weighted by Crippen LogP contribution is -2.24. The van der Waals surface area contributed by atoms with Crippen molar-refractivity contribution in [2.75, 3.05) is 6.54 Å². The minimum atomic E-state index is 0.523. The average molecular weight is 221 g/mol. The molecule has 0 aliphatic heterocycles. The molecule has 1 saturated carbocycles. The highest BCUT2D eigenvalue weighted by Crippen LogP contribution is 2.46. The molecule has 1 fully saturated rings. The Labute approximate surface area is 98.2 Å². The molecule has 0 spiro atoms. The number of rotatable bonds is 6. The summed E-state index contributed by atoms with van der Waals surface area (Å²) in [4.78, 5) is 0. The third-order valence-corrected chi connectivity index (χ3v) is 3.55. The topological polar surface area (TPSA) is 29.9 Å². The van der Waals surface area contributed by atoms with Gasteiger partial charge in [0, 0.05) is 24.3 Å². The van der Waals surface area contributed by atoms with E-state index in [1.54, 1.807) is 0 Å². The number of hydrogen-bond acceptors (Lipinski definition) is 2. The third kappa shape index (κ3) is 2.46. The molecular formula is C13H23N3. The van der Waals surface area contributed by atoms with Crippen LogP contribution < -0.4 is 5.32 Å². The molecule has 0 amide bonds. The van der Waals surface area contributed by atoms with Gasteiger partial charge in [-0.05, 0) is 38.1 Å². The van der Waals surface area contributed by atoms with E-state index < -0.39 is 0 Å². The van der Waals surface area contributed by atoms with E-state index in [2.05, 4.69) is 37.4 Å². The lowest BCUT2D eigenvalue weighted by molar-refractivity contribution is 0.462. The average Bonchev–Trinajstić information content (AvgIpc) is 2.83. The van der Waals surface area contributed by atoms with Crippen LogP contribution in [0.5, 0.6) is 0 Å². The van der Waals surface area contributed by atoms with Crippen LogP contribution in [0.4, 0.5) is 0 Å². The summed E-state index contributed by atoms with van der Waals surface area (Å²) in [7, 11) is 0. The zero-order valence-corrected chi connectivity index (χ0v) is 10.6. The van der Waals surface area contributed by atoms with E-state index >= 15 is 0 Å². The second-order valence-corrected chi connectivity index (χ2v) is 4.94. The molecule has 1 N–H and O–H groups in total. The van der Waals surface area contributed by atoms with Crippen LogP contribution in [0.2, 0.25) is 0 Å². The Morgan fingerprint density at radius 2 is 2.31 bits per heavy atom. The van der Waals surface area contributed by atoms with Crippen molar-refractivity contribution < 1.29 is 0 Å². The van der Waals surface area contributed by atoms with Gasteiger partial charge in [-0.3, -0.25) is 4.68 Å². The van der Waals surface area contributed by atoms with Gasteiger partial charge in [0.2, 0.25) is 0 Å². The molecular weight excluding hydrogens is 198 g/mol. The largest absolute Gasteiger partial charge is 0.310 e. The van der Waals surface area contributed by atoms with Crippen molar-refractivity contribution in [3.05, 3.63) is 18.0 Å². The molecule has 0 saturated heterocycles. The molecule has 16 heavy (non-hydrogen) atoms. The fourth-order valence-electron chi connectivity index (χ4n) is 2.34. The number of nitrogens with zero attached hydrogens (tertiary/aromatic N) is 2. The van der Waals surface area contributed by atoms with Crippen molar-refractivity contribution in [3.63, 3.8) is 0 Å². The van der Waals surface area contributed by atoms with Crippen LogP contribution in [0.15, 0.2) is 12.4 Å². The minimum Gasteiger partial charge on any atom is -0.310 e. The molecule has 3 nitrogen and oxygen atoms in total. The van der Waals surface area contributed by atoms with Gasteiger partial charge in [0.1, 0.15) is 0 Å². The highest BCUT2D eigenvalue weighted by atomic mass is 15.3. The zero-order valence-electron chi connectivity index (χ0n) is 10.6. The summed E-state index contributed by atoms with van der Waals surface area (Å²) in [6, 6.07) is 0.523. The van der Waals surface area contributed by atoms with Gasteiger partial charge in [-0.2, -0.15) is 5.10 Å². The Kier molecular flexibility index (Phi) is 3.64. The molecule has 3 unspecified atom stereocenters. The molecule has 1 aliphatic carbocycles. The summed E-state index contributed by atoms with van der Waals surface area (Å²) in [5, 5.41) is 8.04. The van der Waals surface area contributed by atoms with Gasteiger partial charge >= 0.3 is 0 Å². The van der Waals surface area contributed by atoms with Gasteiger partial charge in [0.05, 0.1) is 6.20 Å². The maximum Gasteiger partial charge on any atom is 0.0537 e. The highest BCUT2D eigenvalue weighted by molar-refractivity contribution is 5.15. The SMILES string of the molecule is CCCNC(c1cnn(CC)c1)C1CC1C. The molecule has 3 atom stereocenters. The fourth-order valence-corrected chi connectivity index (χ4v) is 2.34. The number of aryl methyl sites for hydroxylation is 1. The number of hydrogen-bond donors (Lipinski definition) is 1. The molecule has 90 valence electrons. The molecule has 0 radical (unpaired) electrons. The van der Waals surface area contributed by atoms with Crippen LogP contribution >= 0.6 is 0 Å².